The van der Waals surface area contributed by atoms with Gasteiger partial charge in [0.1, 0.15) is 11.9 Å². The molecule has 1 rings (SSSR count). The third-order valence-electron chi connectivity index (χ3n) is 2.59. The van der Waals surface area contributed by atoms with E-state index >= 15 is 0 Å². The molecule has 0 radical (unpaired) electrons. The molecule has 0 aromatic heterocycles. The van der Waals surface area contributed by atoms with Crippen molar-refractivity contribution in [1.29, 1.82) is 0 Å². The summed E-state index contributed by atoms with van der Waals surface area (Å²) in [4.78, 5) is 22.9. The molecule has 7 heteroatoms. The van der Waals surface area contributed by atoms with Crippen molar-refractivity contribution in [3.8, 4) is 0 Å². The highest BCUT2D eigenvalue weighted by atomic mass is 79.9. The Balaban J connectivity index is 2.84. The monoisotopic (exact) mass is 346 g/mol. The molecule has 0 aliphatic heterocycles. The first-order valence-electron chi connectivity index (χ1n) is 5.87. The predicted molar refractivity (Wildman–Crippen MR) is 77.1 cm³/mol. The summed E-state index contributed by atoms with van der Waals surface area (Å²) in [5.74, 6) is -1.77. The van der Waals surface area contributed by atoms with Crippen molar-refractivity contribution >= 4 is 33.6 Å². The molecule has 0 aliphatic rings. The minimum atomic E-state index is -1.15. The molecule has 0 saturated heterocycles. The summed E-state index contributed by atoms with van der Waals surface area (Å²) < 4.78 is 13.9. The lowest BCUT2D eigenvalue weighted by Crippen LogP contribution is -2.50. The van der Waals surface area contributed by atoms with E-state index in [9.17, 15) is 14.0 Å². The largest absolute Gasteiger partial charge is 0.480 e. The van der Waals surface area contributed by atoms with Crippen molar-refractivity contribution in [1.82, 2.24) is 5.32 Å². The fourth-order valence-corrected chi connectivity index (χ4v) is 1.99. The molecule has 0 saturated carbocycles. The Morgan fingerprint density at radius 3 is 2.40 bits per heavy atom. The standard InChI is InChI=1S/C13H16BrFN2O3/c1-13(2,3)10(11(18)19)17-12(20)16-9-7(14)5-4-6-8(9)15/h4-6,10H,1-3H3,(H,18,19)(H2,16,17,20). The number of urea groups is 1. The molecule has 110 valence electrons. The number of carbonyl (C=O) groups is 2. The number of amides is 2. The van der Waals surface area contributed by atoms with Crippen molar-refractivity contribution in [3.05, 3.63) is 28.5 Å². The number of halogens is 2. The maximum atomic E-state index is 13.6. The molecule has 20 heavy (non-hydrogen) atoms. The molecular weight excluding hydrogens is 331 g/mol. The third-order valence-corrected chi connectivity index (χ3v) is 3.25. The van der Waals surface area contributed by atoms with Crippen LogP contribution in [0, 0.1) is 11.2 Å². The van der Waals surface area contributed by atoms with Gasteiger partial charge in [0, 0.05) is 4.47 Å². The zero-order chi connectivity index (χ0) is 15.5. The van der Waals surface area contributed by atoms with E-state index in [2.05, 4.69) is 26.6 Å². The Bertz CT molecular complexity index is 509. The average molecular weight is 347 g/mol. The number of hydrogen-bond acceptors (Lipinski definition) is 2. The summed E-state index contributed by atoms with van der Waals surface area (Å²) in [6, 6.07) is 2.37. The van der Waals surface area contributed by atoms with Gasteiger partial charge in [-0.25, -0.2) is 14.0 Å². The highest BCUT2D eigenvalue weighted by Crippen LogP contribution is 2.25. The van der Waals surface area contributed by atoms with Gasteiger partial charge in [-0.3, -0.25) is 0 Å². The second-order valence-electron chi connectivity index (χ2n) is 5.33. The molecule has 3 N–H and O–H groups in total. The van der Waals surface area contributed by atoms with Crippen LogP contribution in [0.3, 0.4) is 0 Å². The average Bonchev–Trinajstić information content (AvgIpc) is 2.29. The summed E-state index contributed by atoms with van der Waals surface area (Å²) in [7, 11) is 0. The van der Waals surface area contributed by atoms with Crippen LogP contribution in [0.4, 0.5) is 14.9 Å². The van der Waals surface area contributed by atoms with Crippen LogP contribution in [0.15, 0.2) is 22.7 Å². The molecular formula is C13H16BrFN2O3. The predicted octanol–water partition coefficient (Wildman–Crippen LogP) is 3.21. The van der Waals surface area contributed by atoms with E-state index in [1.54, 1.807) is 26.8 Å². The summed E-state index contributed by atoms with van der Waals surface area (Å²) in [6.07, 6.45) is 0. The van der Waals surface area contributed by atoms with Crippen LogP contribution in [0.25, 0.3) is 0 Å². The molecule has 0 heterocycles. The quantitative estimate of drug-likeness (QED) is 0.786. The van der Waals surface area contributed by atoms with Crippen molar-refractivity contribution in [2.45, 2.75) is 26.8 Å². The molecule has 0 spiro atoms. The number of carboxylic acids is 1. The Labute approximate surface area is 124 Å². The van der Waals surface area contributed by atoms with Gasteiger partial charge in [-0.05, 0) is 33.5 Å². The van der Waals surface area contributed by atoms with Gasteiger partial charge < -0.3 is 15.7 Å². The van der Waals surface area contributed by atoms with E-state index in [1.165, 1.54) is 12.1 Å². The van der Waals surface area contributed by atoms with Crippen LogP contribution in [0.2, 0.25) is 0 Å². The van der Waals surface area contributed by atoms with Gasteiger partial charge in [0.05, 0.1) is 5.69 Å². The van der Waals surface area contributed by atoms with E-state index < -0.39 is 29.3 Å². The number of benzene rings is 1. The van der Waals surface area contributed by atoms with E-state index in [0.717, 1.165) is 0 Å². The molecule has 2 amide bonds. The first-order valence-corrected chi connectivity index (χ1v) is 6.66. The SMILES string of the molecule is CC(C)(C)C(NC(=O)Nc1c(F)cccc1Br)C(=O)O. The maximum Gasteiger partial charge on any atom is 0.326 e. The number of aliphatic carboxylic acids is 1. The van der Waals surface area contributed by atoms with E-state index in [0.29, 0.717) is 4.47 Å². The van der Waals surface area contributed by atoms with Crippen LogP contribution < -0.4 is 10.6 Å². The van der Waals surface area contributed by atoms with Crippen molar-refractivity contribution in [2.24, 2.45) is 5.41 Å². The molecule has 0 bridgehead atoms. The molecule has 1 atom stereocenters. The highest BCUT2D eigenvalue weighted by Gasteiger charge is 2.32. The van der Waals surface area contributed by atoms with Crippen molar-refractivity contribution in [3.63, 3.8) is 0 Å². The van der Waals surface area contributed by atoms with E-state index in [1.807, 2.05) is 0 Å². The molecule has 0 fully saturated rings. The number of carbonyl (C=O) groups excluding carboxylic acids is 1. The molecule has 5 nitrogen and oxygen atoms in total. The molecule has 0 aliphatic carbocycles. The van der Waals surface area contributed by atoms with Crippen molar-refractivity contribution < 1.29 is 19.1 Å². The van der Waals surface area contributed by atoms with Gasteiger partial charge in [0.2, 0.25) is 0 Å². The Hall–Kier alpha value is -1.63. The fourth-order valence-electron chi connectivity index (χ4n) is 1.55. The molecule has 1 aromatic carbocycles. The Morgan fingerprint density at radius 2 is 1.95 bits per heavy atom. The van der Waals surface area contributed by atoms with Crippen molar-refractivity contribution in [2.75, 3.05) is 5.32 Å². The number of para-hydroxylation sites is 1. The van der Waals surface area contributed by atoms with Gasteiger partial charge in [-0.15, -0.1) is 0 Å². The lowest BCUT2D eigenvalue weighted by atomic mass is 9.87. The highest BCUT2D eigenvalue weighted by molar-refractivity contribution is 9.10. The summed E-state index contributed by atoms with van der Waals surface area (Å²) in [6.45, 7) is 5.06. The number of hydrogen-bond donors (Lipinski definition) is 3. The third kappa shape index (κ3) is 4.19. The molecule has 1 unspecified atom stereocenters. The minimum Gasteiger partial charge on any atom is -0.480 e. The summed E-state index contributed by atoms with van der Waals surface area (Å²) in [5, 5.41) is 13.7. The number of rotatable bonds is 3. The smallest absolute Gasteiger partial charge is 0.326 e. The normalized spacial score (nSPS) is 12.7. The minimum absolute atomic E-state index is 0.0388. The summed E-state index contributed by atoms with van der Waals surface area (Å²) in [5.41, 5.74) is -0.710. The van der Waals surface area contributed by atoms with Gasteiger partial charge in [0.25, 0.3) is 0 Å². The number of nitrogens with one attached hydrogen (secondary N) is 2. The van der Waals surface area contributed by atoms with Gasteiger partial charge in [0.15, 0.2) is 0 Å². The maximum absolute atomic E-state index is 13.6. The number of anilines is 1. The lowest BCUT2D eigenvalue weighted by Gasteiger charge is -2.27. The van der Waals surface area contributed by atoms with Crippen LogP contribution in [0.5, 0.6) is 0 Å². The van der Waals surface area contributed by atoms with Crippen LogP contribution in [-0.4, -0.2) is 23.1 Å². The lowest BCUT2D eigenvalue weighted by molar-refractivity contribution is -0.141. The summed E-state index contributed by atoms with van der Waals surface area (Å²) >= 11 is 3.11. The Morgan fingerprint density at radius 1 is 1.35 bits per heavy atom. The van der Waals surface area contributed by atoms with Crippen LogP contribution in [-0.2, 0) is 4.79 Å². The topological polar surface area (TPSA) is 78.4 Å². The zero-order valence-electron chi connectivity index (χ0n) is 11.3. The van der Waals surface area contributed by atoms with Gasteiger partial charge >= 0.3 is 12.0 Å². The van der Waals surface area contributed by atoms with Crippen LogP contribution >= 0.6 is 15.9 Å². The van der Waals surface area contributed by atoms with E-state index in [4.69, 9.17) is 5.11 Å². The zero-order valence-corrected chi connectivity index (χ0v) is 12.9. The molecule has 1 aromatic rings. The van der Waals surface area contributed by atoms with Crippen LogP contribution in [0.1, 0.15) is 20.8 Å². The first-order chi connectivity index (χ1) is 9.12. The Kier molecular flexibility index (Phi) is 5.10. The second-order valence-corrected chi connectivity index (χ2v) is 6.19. The fraction of sp³-hybridized carbons (Fsp3) is 0.385. The van der Waals surface area contributed by atoms with Gasteiger partial charge in [-0.1, -0.05) is 26.8 Å². The second kappa shape index (κ2) is 6.21. The first kappa shape index (κ1) is 16.4. The van der Waals surface area contributed by atoms with Gasteiger partial charge in [-0.2, -0.15) is 0 Å². The number of carboxylic acid groups (broad SMARTS) is 1. The van der Waals surface area contributed by atoms with E-state index in [-0.39, 0.29) is 5.69 Å².